The summed E-state index contributed by atoms with van der Waals surface area (Å²) in [5.41, 5.74) is 2.50. The quantitative estimate of drug-likeness (QED) is 0.489. The number of nitrogens with zero attached hydrogens (tertiary/aromatic N) is 2. The number of halogens is 1. The van der Waals surface area contributed by atoms with Gasteiger partial charge in [-0.1, -0.05) is 55.3 Å². The number of hydrogen-bond acceptors (Lipinski definition) is 4. The number of aliphatic hydroxyl groups excluding tert-OH is 1. The summed E-state index contributed by atoms with van der Waals surface area (Å²) in [7, 11) is 0. The van der Waals surface area contributed by atoms with Crippen LogP contribution in [0.5, 0.6) is 5.75 Å². The highest BCUT2D eigenvalue weighted by molar-refractivity contribution is 6.30. The number of aromatic nitrogens is 2. The minimum atomic E-state index is -0.970. The molecule has 0 aliphatic carbocycles. The third-order valence-electron chi connectivity index (χ3n) is 4.91. The number of rotatable bonds is 10. The Kier molecular flexibility index (Phi) is 7.49. The number of hydrogen-bond donors (Lipinski definition) is 2. The van der Waals surface area contributed by atoms with Crippen molar-refractivity contribution in [2.24, 2.45) is 0 Å². The monoisotopic (exact) mass is 428 g/mol. The zero-order chi connectivity index (χ0) is 21.5. The maximum atomic E-state index is 11.3. The summed E-state index contributed by atoms with van der Waals surface area (Å²) in [4.78, 5) is 15.7. The van der Waals surface area contributed by atoms with E-state index in [4.69, 9.17) is 16.3 Å². The molecule has 2 N–H and O–H groups in total. The summed E-state index contributed by atoms with van der Waals surface area (Å²) >= 11 is 6.20. The van der Waals surface area contributed by atoms with Crippen molar-refractivity contribution in [2.45, 2.75) is 45.9 Å². The molecule has 158 valence electrons. The predicted molar refractivity (Wildman–Crippen MR) is 115 cm³/mol. The second-order valence-electron chi connectivity index (χ2n) is 7.01. The first-order chi connectivity index (χ1) is 14.5. The van der Waals surface area contributed by atoms with E-state index in [1.165, 1.54) is 0 Å². The van der Waals surface area contributed by atoms with Crippen molar-refractivity contribution in [1.82, 2.24) is 9.55 Å². The second-order valence-corrected chi connectivity index (χ2v) is 7.37. The molecule has 0 aliphatic heterocycles. The average Bonchev–Trinajstić information content (AvgIpc) is 3.05. The van der Waals surface area contributed by atoms with E-state index < -0.39 is 5.97 Å². The number of aliphatic hydroxyl groups is 1. The SMILES string of the molecule is CCCCc1nc(Cl)c(CO)n1Cc1ccc(OCc2ccccc2C(=O)O)cc1. The molecule has 0 atom stereocenters. The first kappa shape index (κ1) is 21.9. The van der Waals surface area contributed by atoms with Crippen LogP contribution in [0.25, 0.3) is 0 Å². The van der Waals surface area contributed by atoms with Crippen LogP contribution in [0.3, 0.4) is 0 Å². The molecule has 0 fully saturated rings. The van der Waals surface area contributed by atoms with Crippen molar-refractivity contribution in [2.75, 3.05) is 0 Å². The number of benzene rings is 2. The van der Waals surface area contributed by atoms with Crippen LogP contribution in [0.15, 0.2) is 48.5 Å². The van der Waals surface area contributed by atoms with E-state index >= 15 is 0 Å². The molecule has 3 aromatic rings. The van der Waals surface area contributed by atoms with E-state index in [9.17, 15) is 15.0 Å². The average molecular weight is 429 g/mol. The van der Waals surface area contributed by atoms with Gasteiger partial charge >= 0.3 is 5.97 Å². The van der Waals surface area contributed by atoms with Crippen molar-refractivity contribution >= 4 is 17.6 Å². The fourth-order valence-corrected chi connectivity index (χ4v) is 3.52. The summed E-state index contributed by atoms with van der Waals surface area (Å²) in [5.74, 6) is 0.551. The Morgan fingerprint density at radius 2 is 1.90 bits per heavy atom. The van der Waals surface area contributed by atoms with Crippen LogP contribution in [-0.2, 0) is 26.2 Å². The molecule has 6 nitrogen and oxygen atoms in total. The molecule has 0 amide bonds. The van der Waals surface area contributed by atoms with Gasteiger partial charge in [0.25, 0.3) is 0 Å². The summed E-state index contributed by atoms with van der Waals surface area (Å²) in [5, 5.41) is 19.3. The zero-order valence-corrected chi connectivity index (χ0v) is 17.6. The third kappa shape index (κ3) is 5.20. The lowest BCUT2D eigenvalue weighted by Gasteiger charge is -2.12. The molecule has 3 rings (SSSR count). The molecule has 1 heterocycles. The summed E-state index contributed by atoms with van der Waals surface area (Å²) in [6.45, 7) is 2.68. The molecule has 0 saturated heterocycles. The largest absolute Gasteiger partial charge is 0.489 e. The van der Waals surface area contributed by atoms with Gasteiger partial charge < -0.3 is 19.5 Å². The Labute approximate surface area is 180 Å². The van der Waals surface area contributed by atoms with Crippen molar-refractivity contribution in [1.29, 1.82) is 0 Å². The van der Waals surface area contributed by atoms with E-state index in [1.54, 1.807) is 24.3 Å². The van der Waals surface area contributed by atoms with Crippen LogP contribution in [-0.4, -0.2) is 25.7 Å². The smallest absolute Gasteiger partial charge is 0.336 e. The fourth-order valence-electron chi connectivity index (χ4n) is 3.26. The summed E-state index contributed by atoms with van der Waals surface area (Å²) in [6, 6.07) is 14.4. The van der Waals surface area contributed by atoms with Gasteiger partial charge in [-0.15, -0.1) is 0 Å². The number of aromatic carboxylic acids is 1. The minimum absolute atomic E-state index is 0.165. The molecule has 0 spiro atoms. The van der Waals surface area contributed by atoms with Crippen LogP contribution in [0.4, 0.5) is 0 Å². The highest BCUT2D eigenvalue weighted by Gasteiger charge is 2.15. The maximum absolute atomic E-state index is 11.3. The Balaban J connectivity index is 1.70. The van der Waals surface area contributed by atoms with E-state index in [1.807, 2.05) is 28.8 Å². The van der Waals surface area contributed by atoms with E-state index in [-0.39, 0.29) is 18.8 Å². The van der Waals surface area contributed by atoms with Crippen LogP contribution in [0, 0.1) is 0 Å². The van der Waals surface area contributed by atoms with Gasteiger partial charge in [-0.3, -0.25) is 0 Å². The highest BCUT2D eigenvalue weighted by atomic mass is 35.5. The Morgan fingerprint density at radius 3 is 2.57 bits per heavy atom. The number of carboxylic acid groups (broad SMARTS) is 1. The number of carbonyl (C=O) groups is 1. The van der Waals surface area contributed by atoms with Gasteiger partial charge in [-0.25, -0.2) is 9.78 Å². The van der Waals surface area contributed by atoms with Gasteiger partial charge in [0, 0.05) is 18.5 Å². The molecule has 2 aromatic carbocycles. The molecule has 1 aromatic heterocycles. The summed E-state index contributed by atoms with van der Waals surface area (Å²) in [6.07, 6.45) is 2.86. The number of unbranched alkanes of at least 4 members (excludes halogenated alkanes) is 1. The molecule has 0 radical (unpaired) electrons. The van der Waals surface area contributed by atoms with Crippen LogP contribution in [0.2, 0.25) is 5.15 Å². The molecule has 0 unspecified atom stereocenters. The number of imidazole rings is 1. The van der Waals surface area contributed by atoms with Gasteiger partial charge in [-0.2, -0.15) is 0 Å². The van der Waals surface area contributed by atoms with Crippen molar-refractivity contribution in [3.8, 4) is 5.75 Å². The lowest BCUT2D eigenvalue weighted by Crippen LogP contribution is -2.09. The molecular formula is C23H25ClN2O4. The van der Waals surface area contributed by atoms with Gasteiger partial charge in [0.1, 0.15) is 18.2 Å². The normalized spacial score (nSPS) is 10.9. The van der Waals surface area contributed by atoms with Gasteiger partial charge in [0.05, 0.1) is 17.9 Å². The molecule has 30 heavy (non-hydrogen) atoms. The van der Waals surface area contributed by atoms with Crippen LogP contribution >= 0.6 is 11.6 Å². The zero-order valence-electron chi connectivity index (χ0n) is 16.8. The van der Waals surface area contributed by atoms with Crippen molar-refractivity contribution in [3.63, 3.8) is 0 Å². The lowest BCUT2D eigenvalue weighted by molar-refractivity contribution is 0.0694. The number of carboxylic acids is 1. The van der Waals surface area contributed by atoms with E-state index in [0.29, 0.717) is 28.7 Å². The molecule has 0 aliphatic rings. The van der Waals surface area contributed by atoms with Crippen molar-refractivity contribution < 1.29 is 19.7 Å². The van der Waals surface area contributed by atoms with E-state index in [2.05, 4.69) is 11.9 Å². The topological polar surface area (TPSA) is 84.6 Å². The van der Waals surface area contributed by atoms with Crippen molar-refractivity contribution in [3.05, 3.63) is 81.9 Å². The minimum Gasteiger partial charge on any atom is -0.489 e. The Bertz CT molecular complexity index is 999. The van der Waals surface area contributed by atoms with Crippen LogP contribution < -0.4 is 4.74 Å². The molecule has 7 heteroatoms. The third-order valence-corrected chi connectivity index (χ3v) is 5.22. The fraction of sp³-hybridized carbons (Fsp3) is 0.304. The molecular weight excluding hydrogens is 404 g/mol. The maximum Gasteiger partial charge on any atom is 0.336 e. The van der Waals surface area contributed by atoms with Crippen LogP contribution in [0.1, 0.15) is 52.8 Å². The van der Waals surface area contributed by atoms with E-state index in [0.717, 1.165) is 30.7 Å². The first-order valence-corrected chi connectivity index (χ1v) is 10.3. The number of aryl methyl sites for hydroxylation is 1. The van der Waals surface area contributed by atoms with Gasteiger partial charge in [0.15, 0.2) is 5.15 Å². The lowest BCUT2D eigenvalue weighted by atomic mass is 10.1. The molecule has 0 saturated carbocycles. The van der Waals surface area contributed by atoms with Gasteiger partial charge in [-0.05, 0) is 30.2 Å². The second kappa shape index (κ2) is 10.3. The standard InChI is InChI=1S/C23H25ClN2O4/c1-2-3-8-21-25-22(24)20(14-27)26(21)13-16-9-11-18(12-10-16)30-15-17-6-4-5-7-19(17)23(28)29/h4-7,9-12,27H,2-3,8,13-15H2,1H3,(H,28,29). The Hall–Kier alpha value is -2.83. The molecule has 0 bridgehead atoms. The highest BCUT2D eigenvalue weighted by Crippen LogP contribution is 2.22. The predicted octanol–water partition coefficient (Wildman–Crippen LogP) is 4.70. The summed E-state index contributed by atoms with van der Waals surface area (Å²) < 4.78 is 7.74. The first-order valence-electron chi connectivity index (χ1n) is 9.91. The Morgan fingerprint density at radius 1 is 1.17 bits per heavy atom. The number of ether oxygens (including phenoxy) is 1. The van der Waals surface area contributed by atoms with Gasteiger partial charge in [0.2, 0.25) is 0 Å².